The SMILES string of the molecule is C[C@@H]1CC[C@@H](CCC(=O)N[C@@H](Cc2c[nH]c3cc(F)ccc23)C(=O)O)O1. The summed E-state index contributed by atoms with van der Waals surface area (Å²) in [5, 5.41) is 12.8. The third kappa shape index (κ3) is 4.40. The standard InChI is InChI=1S/C19H23FN2O4/c1-11-2-4-14(26-11)5-7-18(23)22-17(19(24)25)8-12-10-21-16-9-13(20)3-6-15(12)16/h3,6,9-11,14,17,21H,2,4-5,7-8H2,1H3,(H,22,23)(H,24,25)/t11-,14+,17+/m1/s1. The van der Waals surface area contributed by atoms with Crippen molar-refractivity contribution >= 4 is 22.8 Å². The Morgan fingerprint density at radius 1 is 1.42 bits per heavy atom. The van der Waals surface area contributed by atoms with Gasteiger partial charge in [-0.1, -0.05) is 0 Å². The second kappa shape index (κ2) is 7.86. The Morgan fingerprint density at radius 3 is 2.92 bits per heavy atom. The summed E-state index contributed by atoms with van der Waals surface area (Å²) in [6.07, 6.45) is 4.83. The van der Waals surface area contributed by atoms with Gasteiger partial charge in [-0.05, 0) is 49.9 Å². The highest BCUT2D eigenvalue weighted by molar-refractivity contribution is 5.86. The zero-order valence-electron chi connectivity index (χ0n) is 14.6. The average molecular weight is 362 g/mol. The highest BCUT2D eigenvalue weighted by Gasteiger charge is 2.25. The van der Waals surface area contributed by atoms with Gasteiger partial charge in [0.25, 0.3) is 0 Å². The highest BCUT2D eigenvalue weighted by atomic mass is 19.1. The number of nitrogens with one attached hydrogen (secondary N) is 2. The van der Waals surface area contributed by atoms with Gasteiger partial charge in [0.15, 0.2) is 0 Å². The number of amides is 1. The summed E-state index contributed by atoms with van der Waals surface area (Å²) in [4.78, 5) is 26.6. The molecule has 1 saturated heterocycles. The molecule has 0 saturated carbocycles. The third-order valence-corrected chi connectivity index (χ3v) is 4.80. The number of rotatable bonds is 7. The average Bonchev–Trinajstić information content (AvgIpc) is 3.18. The molecule has 26 heavy (non-hydrogen) atoms. The van der Waals surface area contributed by atoms with Crippen molar-refractivity contribution in [1.29, 1.82) is 0 Å². The van der Waals surface area contributed by atoms with Gasteiger partial charge >= 0.3 is 5.97 Å². The molecule has 1 aliphatic heterocycles. The molecule has 6 nitrogen and oxygen atoms in total. The van der Waals surface area contributed by atoms with E-state index in [2.05, 4.69) is 10.3 Å². The summed E-state index contributed by atoms with van der Waals surface area (Å²) in [7, 11) is 0. The molecule has 3 rings (SSSR count). The lowest BCUT2D eigenvalue weighted by Crippen LogP contribution is -2.42. The van der Waals surface area contributed by atoms with Crippen molar-refractivity contribution in [2.45, 2.75) is 57.3 Å². The largest absolute Gasteiger partial charge is 0.480 e. The topological polar surface area (TPSA) is 91.4 Å². The Labute approximate surface area is 150 Å². The summed E-state index contributed by atoms with van der Waals surface area (Å²) >= 11 is 0. The maximum absolute atomic E-state index is 13.3. The minimum Gasteiger partial charge on any atom is -0.480 e. The molecule has 2 heterocycles. The van der Waals surface area contributed by atoms with Gasteiger partial charge in [-0.3, -0.25) is 4.79 Å². The van der Waals surface area contributed by atoms with Gasteiger partial charge in [-0.15, -0.1) is 0 Å². The fraction of sp³-hybridized carbons (Fsp3) is 0.474. The number of benzene rings is 1. The van der Waals surface area contributed by atoms with Gasteiger partial charge in [0.2, 0.25) is 5.91 Å². The molecule has 2 aromatic rings. The Kier molecular flexibility index (Phi) is 5.56. The number of H-pyrrole nitrogens is 1. The molecule has 1 aromatic carbocycles. The minimum atomic E-state index is -1.10. The zero-order valence-corrected chi connectivity index (χ0v) is 14.6. The van der Waals surface area contributed by atoms with Crippen LogP contribution in [0.2, 0.25) is 0 Å². The van der Waals surface area contributed by atoms with Crippen molar-refractivity contribution in [2.24, 2.45) is 0 Å². The lowest BCUT2D eigenvalue weighted by atomic mass is 10.0. The predicted octanol–water partition coefficient (Wildman–Crippen LogP) is 2.77. The number of hydrogen-bond donors (Lipinski definition) is 3. The summed E-state index contributed by atoms with van der Waals surface area (Å²) in [5.41, 5.74) is 1.32. The summed E-state index contributed by atoms with van der Waals surface area (Å²) < 4.78 is 18.9. The first-order valence-corrected chi connectivity index (χ1v) is 8.85. The number of carboxylic acids is 1. The molecule has 1 fully saturated rings. The summed E-state index contributed by atoms with van der Waals surface area (Å²) in [6.45, 7) is 2.01. The molecule has 7 heteroatoms. The second-order valence-electron chi connectivity index (χ2n) is 6.85. The first-order chi connectivity index (χ1) is 12.4. The minimum absolute atomic E-state index is 0.0718. The molecule has 3 atom stereocenters. The van der Waals surface area contributed by atoms with Crippen molar-refractivity contribution < 1.29 is 23.8 Å². The number of aromatic amines is 1. The highest BCUT2D eigenvalue weighted by Crippen LogP contribution is 2.23. The van der Waals surface area contributed by atoms with Crippen LogP contribution >= 0.6 is 0 Å². The van der Waals surface area contributed by atoms with E-state index in [-0.39, 0.29) is 36.8 Å². The zero-order chi connectivity index (χ0) is 18.7. The fourth-order valence-corrected chi connectivity index (χ4v) is 3.40. The summed E-state index contributed by atoms with van der Waals surface area (Å²) in [5.74, 6) is -1.76. The Balaban J connectivity index is 1.59. The first-order valence-electron chi connectivity index (χ1n) is 8.85. The molecule has 0 bridgehead atoms. The van der Waals surface area contributed by atoms with Gasteiger partial charge in [-0.25, -0.2) is 9.18 Å². The maximum atomic E-state index is 13.3. The van der Waals surface area contributed by atoms with Crippen molar-refractivity contribution in [2.75, 3.05) is 0 Å². The second-order valence-corrected chi connectivity index (χ2v) is 6.85. The van der Waals surface area contributed by atoms with Crippen LogP contribution in [0.15, 0.2) is 24.4 Å². The van der Waals surface area contributed by atoms with Crippen LogP contribution in [0.25, 0.3) is 10.9 Å². The number of carbonyl (C=O) groups is 2. The number of aromatic nitrogens is 1. The van der Waals surface area contributed by atoms with Gasteiger partial charge in [0.1, 0.15) is 11.9 Å². The molecule has 1 aliphatic rings. The van der Waals surface area contributed by atoms with E-state index in [1.54, 1.807) is 12.3 Å². The molecule has 0 radical (unpaired) electrons. The van der Waals surface area contributed by atoms with Gasteiger partial charge in [0.05, 0.1) is 12.2 Å². The van der Waals surface area contributed by atoms with Gasteiger partial charge in [-0.2, -0.15) is 0 Å². The third-order valence-electron chi connectivity index (χ3n) is 4.80. The number of fused-ring (bicyclic) bond motifs is 1. The van der Waals surface area contributed by atoms with E-state index in [0.717, 1.165) is 23.8 Å². The maximum Gasteiger partial charge on any atom is 0.326 e. The van der Waals surface area contributed by atoms with Crippen molar-refractivity contribution in [1.82, 2.24) is 10.3 Å². The van der Waals surface area contributed by atoms with E-state index in [1.807, 2.05) is 6.92 Å². The lowest BCUT2D eigenvalue weighted by Gasteiger charge is -2.15. The van der Waals surface area contributed by atoms with E-state index in [1.165, 1.54) is 12.1 Å². The molecule has 140 valence electrons. The molecule has 0 aliphatic carbocycles. The van der Waals surface area contributed by atoms with Crippen LogP contribution < -0.4 is 5.32 Å². The summed E-state index contributed by atoms with van der Waals surface area (Å²) in [6, 6.07) is 3.26. The molecule has 0 spiro atoms. The first kappa shape index (κ1) is 18.4. The molecular formula is C19H23FN2O4. The van der Waals surface area contributed by atoms with E-state index < -0.39 is 12.0 Å². The van der Waals surface area contributed by atoms with Crippen LogP contribution in [0.1, 0.15) is 38.2 Å². The van der Waals surface area contributed by atoms with Crippen molar-refractivity contribution in [3.05, 3.63) is 35.8 Å². The number of aliphatic carboxylic acids is 1. The quantitative estimate of drug-likeness (QED) is 0.706. The number of carbonyl (C=O) groups excluding carboxylic acids is 1. The van der Waals surface area contributed by atoms with E-state index in [4.69, 9.17) is 4.74 Å². The van der Waals surface area contributed by atoms with Crippen LogP contribution in [-0.2, 0) is 20.7 Å². The predicted molar refractivity (Wildman–Crippen MR) is 94.3 cm³/mol. The van der Waals surface area contributed by atoms with Gasteiger partial charge in [0, 0.05) is 29.9 Å². The van der Waals surface area contributed by atoms with E-state index >= 15 is 0 Å². The molecule has 1 aromatic heterocycles. The van der Waals surface area contributed by atoms with E-state index in [0.29, 0.717) is 11.9 Å². The number of ether oxygens (including phenoxy) is 1. The van der Waals surface area contributed by atoms with Gasteiger partial charge < -0.3 is 20.1 Å². The lowest BCUT2D eigenvalue weighted by molar-refractivity contribution is -0.141. The Morgan fingerprint density at radius 2 is 2.23 bits per heavy atom. The van der Waals surface area contributed by atoms with Crippen LogP contribution in [0.4, 0.5) is 4.39 Å². The number of carboxylic acid groups (broad SMARTS) is 1. The Bertz CT molecular complexity index is 804. The molecule has 1 amide bonds. The monoisotopic (exact) mass is 362 g/mol. The van der Waals surface area contributed by atoms with Crippen LogP contribution in [0.5, 0.6) is 0 Å². The molecule has 0 unspecified atom stereocenters. The fourth-order valence-electron chi connectivity index (χ4n) is 3.40. The normalized spacial score (nSPS) is 21.0. The number of halogens is 1. The molecule has 3 N–H and O–H groups in total. The molecular weight excluding hydrogens is 339 g/mol. The smallest absolute Gasteiger partial charge is 0.326 e. The van der Waals surface area contributed by atoms with Crippen LogP contribution in [-0.4, -0.2) is 40.2 Å². The number of hydrogen-bond acceptors (Lipinski definition) is 3. The van der Waals surface area contributed by atoms with E-state index in [9.17, 15) is 19.1 Å². The van der Waals surface area contributed by atoms with Crippen molar-refractivity contribution in [3.8, 4) is 0 Å². The Hall–Kier alpha value is -2.41. The van der Waals surface area contributed by atoms with Crippen molar-refractivity contribution in [3.63, 3.8) is 0 Å². The van der Waals surface area contributed by atoms with Crippen LogP contribution in [0.3, 0.4) is 0 Å². The van der Waals surface area contributed by atoms with Crippen LogP contribution in [0, 0.1) is 5.82 Å².